The van der Waals surface area contributed by atoms with Gasteiger partial charge in [-0.05, 0) is 24.6 Å². The number of benzene rings is 1. The molecule has 0 unspecified atom stereocenters. The third-order valence-corrected chi connectivity index (χ3v) is 4.82. The number of aryl methyl sites for hydroxylation is 1. The van der Waals surface area contributed by atoms with Gasteiger partial charge in [-0.1, -0.05) is 25.1 Å². The van der Waals surface area contributed by atoms with Gasteiger partial charge in [0.2, 0.25) is 0 Å². The fourth-order valence-corrected chi connectivity index (χ4v) is 3.30. The first-order valence-corrected chi connectivity index (χ1v) is 8.82. The van der Waals surface area contributed by atoms with Crippen molar-refractivity contribution in [3.8, 4) is 5.75 Å². The lowest BCUT2D eigenvalue weighted by molar-refractivity contribution is -0.112. The molecule has 0 aliphatic heterocycles. The van der Waals surface area contributed by atoms with Gasteiger partial charge < -0.3 is 4.74 Å². The highest BCUT2D eigenvalue weighted by Gasteiger charge is 2.10. The van der Waals surface area contributed by atoms with Crippen LogP contribution in [-0.4, -0.2) is 22.2 Å². The Morgan fingerprint density at radius 2 is 2.19 bits per heavy atom. The molecule has 2 heterocycles. The van der Waals surface area contributed by atoms with Crippen LogP contribution in [0.25, 0.3) is 16.3 Å². The highest BCUT2D eigenvalue weighted by molar-refractivity contribution is 7.18. The molecular formula is C18H15F2N3O3S. The summed E-state index contributed by atoms with van der Waals surface area (Å²) in [5.41, 5.74) is 2.31. The molecule has 3 aromatic rings. The number of aromatic nitrogens is 2. The molecule has 0 bridgehead atoms. The Kier molecular flexibility index (Phi) is 5.60. The zero-order valence-electron chi connectivity index (χ0n) is 14.2. The number of carbonyl (C=O) groups is 1. The van der Waals surface area contributed by atoms with E-state index in [1.807, 2.05) is 6.92 Å². The Labute approximate surface area is 156 Å². The summed E-state index contributed by atoms with van der Waals surface area (Å²) in [6.07, 6.45) is 4.47. The number of halogens is 2. The van der Waals surface area contributed by atoms with Crippen LogP contribution < -0.4 is 15.7 Å². The molecule has 0 spiro atoms. The van der Waals surface area contributed by atoms with Gasteiger partial charge in [0.25, 0.3) is 11.5 Å². The molecule has 9 heteroatoms. The molecule has 0 fully saturated rings. The average molecular weight is 391 g/mol. The van der Waals surface area contributed by atoms with E-state index in [4.69, 9.17) is 0 Å². The van der Waals surface area contributed by atoms with E-state index in [0.29, 0.717) is 15.8 Å². The summed E-state index contributed by atoms with van der Waals surface area (Å²) in [5, 5.41) is 0.430. The van der Waals surface area contributed by atoms with Crippen LogP contribution >= 0.6 is 11.3 Å². The molecule has 2 aromatic heterocycles. The van der Waals surface area contributed by atoms with Gasteiger partial charge in [0, 0.05) is 16.5 Å². The van der Waals surface area contributed by atoms with Gasteiger partial charge in [-0.2, -0.15) is 8.78 Å². The van der Waals surface area contributed by atoms with Crippen molar-refractivity contribution in [2.24, 2.45) is 0 Å². The quantitative estimate of drug-likeness (QED) is 0.654. The summed E-state index contributed by atoms with van der Waals surface area (Å²) < 4.78 is 30.2. The monoisotopic (exact) mass is 391 g/mol. The number of ether oxygens (including phenoxy) is 1. The summed E-state index contributed by atoms with van der Waals surface area (Å²) in [6.45, 7) is -0.992. The molecule has 0 saturated carbocycles. The number of amides is 1. The minimum absolute atomic E-state index is 0.0535. The number of rotatable bonds is 6. The number of fused-ring (bicyclic) bond motifs is 1. The van der Waals surface area contributed by atoms with Crippen molar-refractivity contribution in [3.63, 3.8) is 0 Å². The van der Waals surface area contributed by atoms with Crippen LogP contribution in [0.4, 0.5) is 8.78 Å². The lowest BCUT2D eigenvalue weighted by Crippen LogP contribution is -2.32. The first-order chi connectivity index (χ1) is 13.0. The van der Waals surface area contributed by atoms with Crippen molar-refractivity contribution in [2.75, 3.05) is 5.43 Å². The fraction of sp³-hybridized carbons (Fsp3) is 0.167. The number of thiophene rings is 1. The molecule has 1 N–H and O–H groups in total. The maximum absolute atomic E-state index is 12.4. The molecule has 1 aromatic carbocycles. The van der Waals surface area contributed by atoms with Crippen LogP contribution in [0.5, 0.6) is 5.75 Å². The van der Waals surface area contributed by atoms with Crippen LogP contribution in [0.15, 0.2) is 47.5 Å². The van der Waals surface area contributed by atoms with Crippen molar-refractivity contribution in [1.29, 1.82) is 0 Å². The fourth-order valence-electron chi connectivity index (χ4n) is 2.37. The zero-order chi connectivity index (χ0) is 19.4. The summed E-state index contributed by atoms with van der Waals surface area (Å²) in [7, 11) is 0. The predicted molar refractivity (Wildman–Crippen MR) is 99.7 cm³/mol. The first-order valence-electron chi connectivity index (χ1n) is 8.01. The van der Waals surface area contributed by atoms with E-state index in [1.165, 1.54) is 35.9 Å². The van der Waals surface area contributed by atoms with E-state index in [9.17, 15) is 18.4 Å². The second-order valence-corrected chi connectivity index (χ2v) is 6.55. The van der Waals surface area contributed by atoms with E-state index in [-0.39, 0.29) is 11.3 Å². The molecule has 0 saturated heterocycles. The largest absolute Gasteiger partial charge is 0.434 e. The predicted octanol–water partition coefficient (Wildman–Crippen LogP) is 3.41. The van der Waals surface area contributed by atoms with Crippen LogP contribution in [0.2, 0.25) is 0 Å². The Bertz CT molecular complexity index is 1060. The summed E-state index contributed by atoms with van der Waals surface area (Å²) in [6, 6.07) is 7.82. The van der Waals surface area contributed by atoms with Gasteiger partial charge in [0.1, 0.15) is 16.9 Å². The lowest BCUT2D eigenvalue weighted by Gasteiger charge is -2.07. The summed E-state index contributed by atoms with van der Waals surface area (Å²) in [5.74, 6) is -0.668. The first kappa shape index (κ1) is 18.7. The molecule has 27 heavy (non-hydrogen) atoms. The van der Waals surface area contributed by atoms with Crippen molar-refractivity contribution in [2.45, 2.75) is 20.0 Å². The minimum Gasteiger partial charge on any atom is -0.434 e. The van der Waals surface area contributed by atoms with Gasteiger partial charge in [-0.15, -0.1) is 11.3 Å². The number of para-hydroxylation sites is 1. The van der Waals surface area contributed by atoms with Crippen molar-refractivity contribution < 1.29 is 18.3 Å². The standard InChI is InChI=1S/C18H15F2N3O3S/c1-2-12-9-13-16(27-12)21-10-23(17(13)25)22-15(24)8-7-11-5-3-4-6-14(11)26-18(19)20/h3-10,18H,2H2,1H3,(H,22,24). The molecule has 140 valence electrons. The molecule has 6 nitrogen and oxygen atoms in total. The maximum Gasteiger partial charge on any atom is 0.387 e. The van der Waals surface area contributed by atoms with Gasteiger partial charge in [0.05, 0.1) is 5.39 Å². The Hall–Kier alpha value is -3.07. The van der Waals surface area contributed by atoms with Crippen LogP contribution in [0.1, 0.15) is 17.4 Å². The van der Waals surface area contributed by atoms with Gasteiger partial charge in [-0.25, -0.2) is 9.66 Å². The van der Waals surface area contributed by atoms with Crippen LogP contribution in [0, 0.1) is 0 Å². The number of nitrogens with zero attached hydrogens (tertiary/aromatic N) is 2. The number of hydrogen-bond donors (Lipinski definition) is 1. The zero-order valence-corrected chi connectivity index (χ0v) is 15.0. The normalized spacial score (nSPS) is 11.4. The van der Waals surface area contributed by atoms with Gasteiger partial charge in [0.15, 0.2) is 0 Å². The molecule has 0 aliphatic rings. The van der Waals surface area contributed by atoms with Gasteiger partial charge in [-0.3, -0.25) is 15.0 Å². The number of carbonyl (C=O) groups excluding carboxylic acids is 1. The smallest absolute Gasteiger partial charge is 0.387 e. The second-order valence-electron chi connectivity index (χ2n) is 5.43. The molecule has 0 atom stereocenters. The Balaban J connectivity index is 1.78. The van der Waals surface area contributed by atoms with Crippen molar-refractivity contribution >= 4 is 33.5 Å². The highest BCUT2D eigenvalue weighted by Crippen LogP contribution is 2.22. The molecular weight excluding hydrogens is 376 g/mol. The maximum atomic E-state index is 12.4. The SMILES string of the molecule is CCc1cc2c(=O)n(NC(=O)C=Cc3ccccc3OC(F)F)cnc2s1. The van der Waals surface area contributed by atoms with Crippen molar-refractivity contribution in [3.05, 3.63) is 63.5 Å². The Morgan fingerprint density at radius 1 is 1.41 bits per heavy atom. The molecule has 3 rings (SSSR count). The van der Waals surface area contributed by atoms with E-state index >= 15 is 0 Å². The Morgan fingerprint density at radius 3 is 2.93 bits per heavy atom. The van der Waals surface area contributed by atoms with Crippen molar-refractivity contribution in [1.82, 2.24) is 9.66 Å². The third-order valence-electron chi connectivity index (χ3n) is 3.63. The van der Waals surface area contributed by atoms with Crippen LogP contribution in [0.3, 0.4) is 0 Å². The summed E-state index contributed by atoms with van der Waals surface area (Å²) in [4.78, 5) is 30.3. The third kappa shape index (κ3) is 4.37. The summed E-state index contributed by atoms with van der Waals surface area (Å²) >= 11 is 1.43. The number of hydrogen-bond acceptors (Lipinski definition) is 5. The van der Waals surface area contributed by atoms with E-state index < -0.39 is 12.5 Å². The molecule has 0 radical (unpaired) electrons. The number of nitrogens with one attached hydrogen (secondary N) is 1. The van der Waals surface area contributed by atoms with E-state index in [1.54, 1.807) is 18.2 Å². The highest BCUT2D eigenvalue weighted by atomic mass is 32.1. The molecule has 1 amide bonds. The van der Waals surface area contributed by atoms with E-state index in [0.717, 1.165) is 22.1 Å². The van der Waals surface area contributed by atoms with E-state index in [2.05, 4.69) is 15.1 Å². The lowest BCUT2D eigenvalue weighted by atomic mass is 10.2. The second kappa shape index (κ2) is 8.09. The molecule has 0 aliphatic carbocycles. The topological polar surface area (TPSA) is 73.2 Å². The van der Waals surface area contributed by atoms with Crippen LogP contribution in [-0.2, 0) is 11.2 Å². The minimum atomic E-state index is -2.97. The van der Waals surface area contributed by atoms with Gasteiger partial charge >= 0.3 is 6.61 Å². The average Bonchev–Trinajstić information content (AvgIpc) is 3.07. The number of alkyl halides is 2.